The van der Waals surface area contributed by atoms with Crippen LogP contribution in [0.4, 0.5) is 0 Å². The molecule has 0 aliphatic carbocycles. The molecule has 0 aromatic heterocycles. The van der Waals surface area contributed by atoms with Crippen molar-refractivity contribution >= 4 is 27.7 Å². The number of nitrogens with one attached hydrogen (secondary N) is 2. The lowest BCUT2D eigenvalue weighted by Gasteiger charge is -2.33. The molecule has 4 N–H and O–H groups in total. The smallest absolute Gasteiger partial charge is 0.312 e. The number of benzene rings is 1. The summed E-state index contributed by atoms with van der Waals surface area (Å²) in [6, 6.07) is 5.70. The second-order valence-corrected chi connectivity index (χ2v) is 8.04. The number of sulfonamides is 1. The monoisotopic (exact) mass is 395 g/mol. The topological polar surface area (TPSA) is 137 Å². The molecule has 2 rings (SSSR count). The van der Waals surface area contributed by atoms with Crippen LogP contribution in [-0.2, 0) is 19.6 Å². The van der Waals surface area contributed by atoms with E-state index >= 15 is 0 Å². The minimum atomic E-state index is -3.69. The summed E-state index contributed by atoms with van der Waals surface area (Å²) in [5, 5.41) is 7.31. The largest absolute Gasteiger partial charge is 0.384 e. The standard InChI is InChI=1S/C17H25N5O4S/c1-2-9-21-11-12-22(17(24)16(21)23)10-3-8-20-27(25,26)14-6-4-13(5-7-14)15(18)19/h4-7,20H,2-3,8-12H2,1H3,(H3,18,19). The van der Waals surface area contributed by atoms with Gasteiger partial charge in [-0.15, -0.1) is 0 Å². The average Bonchev–Trinajstić information content (AvgIpc) is 2.64. The maximum absolute atomic E-state index is 12.3. The number of hydrogen-bond acceptors (Lipinski definition) is 5. The molecule has 0 saturated carbocycles. The predicted molar refractivity (Wildman–Crippen MR) is 101 cm³/mol. The van der Waals surface area contributed by atoms with Crippen molar-refractivity contribution < 1.29 is 18.0 Å². The summed E-state index contributed by atoms with van der Waals surface area (Å²) >= 11 is 0. The zero-order valence-electron chi connectivity index (χ0n) is 15.3. The van der Waals surface area contributed by atoms with Crippen LogP contribution in [0.25, 0.3) is 0 Å². The van der Waals surface area contributed by atoms with Gasteiger partial charge in [0.2, 0.25) is 10.0 Å². The van der Waals surface area contributed by atoms with E-state index in [-0.39, 0.29) is 17.3 Å². The van der Waals surface area contributed by atoms with Crippen LogP contribution in [0, 0.1) is 5.41 Å². The maximum Gasteiger partial charge on any atom is 0.312 e. The van der Waals surface area contributed by atoms with E-state index in [1.807, 2.05) is 6.92 Å². The van der Waals surface area contributed by atoms with Crippen molar-refractivity contribution in [1.82, 2.24) is 14.5 Å². The average molecular weight is 395 g/mol. The molecule has 1 fully saturated rings. The lowest BCUT2D eigenvalue weighted by molar-refractivity contribution is -0.156. The van der Waals surface area contributed by atoms with Crippen molar-refractivity contribution in [3.63, 3.8) is 0 Å². The van der Waals surface area contributed by atoms with E-state index < -0.39 is 21.8 Å². The van der Waals surface area contributed by atoms with Crippen molar-refractivity contribution in [2.24, 2.45) is 5.73 Å². The van der Waals surface area contributed by atoms with Crippen molar-refractivity contribution in [1.29, 1.82) is 5.41 Å². The number of nitrogens with zero attached hydrogens (tertiary/aromatic N) is 2. The van der Waals surface area contributed by atoms with Gasteiger partial charge in [0.15, 0.2) is 0 Å². The van der Waals surface area contributed by atoms with Crippen molar-refractivity contribution in [2.45, 2.75) is 24.7 Å². The number of piperazine rings is 1. The predicted octanol–water partition coefficient (Wildman–Crippen LogP) is -0.280. The first kappa shape index (κ1) is 20.8. The van der Waals surface area contributed by atoms with Gasteiger partial charge >= 0.3 is 11.8 Å². The molecule has 9 nitrogen and oxygen atoms in total. The van der Waals surface area contributed by atoms with Crippen LogP contribution in [0.2, 0.25) is 0 Å². The van der Waals surface area contributed by atoms with Gasteiger partial charge in [-0.2, -0.15) is 0 Å². The molecular formula is C17H25N5O4S. The van der Waals surface area contributed by atoms with Crippen molar-refractivity contribution in [3.8, 4) is 0 Å². The molecular weight excluding hydrogens is 370 g/mol. The molecule has 0 spiro atoms. The number of carbonyl (C=O) groups is 2. The third-order valence-corrected chi connectivity index (χ3v) is 5.74. The third-order valence-electron chi connectivity index (χ3n) is 4.26. The van der Waals surface area contributed by atoms with Gasteiger partial charge in [-0.3, -0.25) is 15.0 Å². The number of amidine groups is 1. The molecule has 0 bridgehead atoms. The van der Waals surface area contributed by atoms with E-state index in [1.165, 1.54) is 29.2 Å². The summed E-state index contributed by atoms with van der Waals surface area (Å²) in [5.41, 5.74) is 5.79. The first-order valence-electron chi connectivity index (χ1n) is 8.78. The fraction of sp³-hybridized carbons (Fsp3) is 0.471. The Hall–Kier alpha value is -2.46. The Kier molecular flexibility index (Phi) is 6.92. The Morgan fingerprint density at radius 2 is 1.67 bits per heavy atom. The lowest BCUT2D eigenvalue weighted by atomic mass is 10.2. The number of nitrogens with two attached hydrogens (primary N) is 1. The minimum Gasteiger partial charge on any atom is -0.384 e. The van der Waals surface area contributed by atoms with E-state index in [1.54, 1.807) is 4.90 Å². The zero-order chi connectivity index (χ0) is 20.0. The number of nitrogen functional groups attached to an aromatic ring is 1. The van der Waals surface area contributed by atoms with Crippen LogP contribution in [-0.4, -0.2) is 68.6 Å². The molecule has 2 amide bonds. The molecule has 0 unspecified atom stereocenters. The fourth-order valence-corrected chi connectivity index (χ4v) is 3.86. The van der Waals surface area contributed by atoms with Crippen LogP contribution in [0.3, 0.4) is 0 Å². The quantitative estimate of drug-likeness (QED) is 0.229. The van der Waals surface area contributed by atoms with E-state index in [2.05, 4.69) is 4.72 Å². The normalized spacial score (nSPS) is 15.3. The Morgan fingerprint density at radius 1 is 1.11 bits per heavy atom. The van der Waals surface area contributed by atoms with E-state index in [0.29, 0.717) is 38.2 Å². The van der Waals surface area contributed by atoms with Gasteiger partial charge in [-0.1, -0.05) is 6.92 Å². The highest BCUT2D eigenvalue weighted by Gasteiger charge is 2.31. The van der Waals surface area contributed by atoms with Gasteiger partial charge in [0.25, 0.3) is 0 Å². The number of amides is 2. The van der Waals surface area contributed by atoms with Crippen LogP contribution in [0.1, 0.15) is 25.3 Å². The molecule has 1 aliphatic heterocycles. The van der Waals surface area contributed by atoms with Crippen molar-refractivity contribution in [2.75, 3.05) is 32.7 Å². The molecule has 0 radical (unpaired) electrons. The Labute approximate surface area is 159 Å². The number of carbonyl (C=O) groups excluding carboxylic acids is 2. The SMILES string of the molecule is CCCN1CCN(CCCNS(=O)(=O)c2ccc(C(=N)N)cc2)C(=O)C1=O. The molecule has 0 atom stereocenters. The Balaban J connectivity index is 1.83. The summed E-state index contributed by atoms with van der Waals surface area (Å²) in [7, 11) is -3.69. The van der Waals surface area contributed by atoms with Gasteiger partial charge in [-0.05, 0) is 37.1 Å². The Morgan fingerprint density at radius 3 is 2.19 bits per heavy atom. The summed E-state index contributed by atoms with van der Waals surface area (Å²) < 4.78 is 27.0. The molecule has 1 aliphatic rings. The highest BCUT2D eigenvalue weighted by atomic mass is 32.2. The molecule has 148 valence electrons. The summed E-state index contributed by atoms with van der Waals surface area (Å²) in [4.78, 5) is 27.1. The third kappa shape index (κ3) is 5.27. The highest BCUT2D eigenvalue weighted by Crippen LogP contribution is 2.11. The van der Waals surface area contributed by atoms with Crippen LogP contribution >= 0.6 is 0 Å². The maximum atomic E-state index is 12.3. The Bertz CT molecular complexity index is 807. The van der Waals surface area contributed by atoms with Gasteiger partial charge in [0.05, 0.1) is 4.90 Å². The second-order valence-electron chi connectivity index (χ2n) is 6.27. The van der Waals surface area contributed by atoms with Crippen molar-refractivity contribution in [3.05, 3.63) is 29.8 Å². The molecule has 1 aromatic rings. The van der Waals surface area contributed by atoms with Gasteiger partial charge in [0, 0.05) is 38.3 Å². The second kappa shape index (κ2) is 8.96. The molecule has 1 aromatic carbocycles. The minimum absolute atomic E-state index is 0.0759. The van der Waals surface area contributed by atoms with E-state index in [4.69, 9.17) is 11.1 Å². The van der Waals surface area contributed by atoms with E-state index in [0.717, 1.165) is 6.42 Å². The molecule has 10 heteroatoms. The van der Waals surface area contributed by atoms with Gasteiger partial charge < -0.3 is 15.5 Å². The lowest BCUT2D eigenvalue weighted by Crippen LogP contribution is -2.54. The first-order chi connectivity index (χ1) is 12.8. The number of hydrogen-bond donors (Lipinski definition) is 3. The summed E-state index contributed by atoms with van der Waals surface area (Å²) in [6.45, 7) is 3.95. The van der Waals surface area contributed by atoms with Crippen LogP contribution in [0.15, 0.2) is 29.2 Å². The summed E-state index contributed by atoms with van der Waals surface area (Å²) in [6.07, 6.45) is 1.20. The van der Waals surface area contributed by atoms with Gasteiger partial charge in [0.1, 0.15) is 5.84 Å². The zero-order valence-corrected chi connectivity index (χ0v) is 16.1. The fourth-order valence-electron chi connectivity index (χ4n) is 2.79. The van der Waals surface area contributed by atoms with Crippen LogP contribution < -0.4 is 10.5 Å². The molecule has 27 heavy (non-hydrogen) atoms. The first-order valence-corrected chi connectivity index (χ1v) is 10.3. The van der Waals surface area contributed by atoms with Crippen LogP contribution in [0.5, 0.6) is 0 Å². The number of rotatable bonds is 9. The summed E-state index contributed by atoms with van der Waals surface area (Å²) in [5.74, 6) is -1.16. The molecule has 1 heterocycles. The van der Waals surface area contributed by atoms with E-state index in [9.17, 15) is 18.0 Å². The highest BCUT2D eigenvalue weighted by molar-refractivity contribution is 7.89. The molecule has 1 saturated heterocycles. The van der Waals surface area contributed by atoms with Gasteiger partial charge in [-0.25, -0.2) is 13.1 Å².